The predicted molar refractivity (Wildman–Crippen MR) is 72.6 cm³/mol. The first-order valence-corrected chi connectivity index (χ1v) is 6.66. The first-order valence-electron chi connectivity index (χ1n) is 6.29. The molecule has 0 spiro atoms. The summed E-state index contributed by atoms with van der Waals surface area (Å²) in [6.45, 7) is 1.73. The summed E-state index contributed by atoms with van der Waals surface area (Å²) in [4.78, 5) is 4.01. The van der Waals surface area contributed by atoms with E-state index in [1.807, 2.05) is 6.07 Å². The Labute approximate surface area is 112 Å². The fraction of sp³-hybridized carbons (Fsp3) is 0.357. The molecule has 0 bridgehead atoms. The van der Waals surface area contributed by atoms with E-state index in [4.69, 9.17) is 11.6 Å². The fourth-order valence-corrected chi connectivity index (χ4v) is 2.20. The number of halogens is 1. The van der Waals surface area contributed by atoms with Crippen LogP contribution in [0.15, 0.2) is 36.8 Å². The number of rotatable bonds is 5. The molecule has 0 unspecified atom stereocenters. The van der Waals surface area contributed by atoms with Gasteiger partial charge in [-0.25, -0.2) is 0 Å². The molecule has 0 aromatic carbocycles. The van der Waals surface area contributed by atoms with Crippen molar-refractivity contribution in [3.05, 3.63) is 53.1 Å². The molecule has 2 aromatic rings. The van der Waals surface area contributed by atoms with Gasteiger partial charge in [0.05, 0.1) is 5.02 Å². The molecule has 3 rings (SSSR count). The van der Waals surface area contributed by atoms with Gasteiger partial charge in [0.1, 0.15) is 0 Å². The van der Waals surface area contributed by atoms with Crippen LogP contribution in [0.25, 0.3) is 0 Å². The highest BCUT2D eigenvalue weighted by Crippen LogP contribution is 2.20. The van der Waals surface area contributed by atoms with Crippen molar-refractivity contribution in [3.8, 4) is 0 Å². The Bertz CT molecular complexity index is 531. The lowest BCUT2D eigenvalue weighted by molar-refractivity contribution is 0.634. The number of nitrogens with one attached hydrogen (secondary N) is 1. The molecule has 3 nitrogen and oxygen atoms in total. The van der Waals surface area contributed by atoms with E-state index in [1.165, 1.54) is 18.5 Å². The van der Waals surface area contributed by atoms with Crippen molar-refractivity contribution in [2.75, 3.05) is 0 Å². The Morgan fingerprint density at radius 3 is 3.06 bits per heavy atom. The summed E-state index contributed by atoms with van der Waals surface area (Å²) in [6.07, 6.45) is 8.21. The number of hydrogen-bond acceptors (Lipinski definition) is 2. The Morgan fingerprint density at radius 1 is 1.39 bits per heavy atom. The van der Waals surface area contributed by atoms with Gasteiger partial charge in [0, 0.05) is 43.4 Å². The Hall–Kier alpha value is -1.32. The van der Waals surface area contributed by atoms with Crippen LogP contribution >= 0.6 is 11.6 Å². The van der Waals surface area contributed by atoms with Crippen LogP contribution in [0.3, 0.4) is 0 Å². The van der Waals surface area contributed by atoms with E-state index in [1.54, 1.807) is 12.4 Å². The Kier molecular flexibility index (Phi) is 3.35. The van der Waals surface area contributed by atoms with E-state index in [-0.39, 0.29) is 0 Å². The highest BCUT2D eigenvalue weighted by atomic mass is 35.5. The van der Waals surface area contributed by atoms with Gasteiger partial charge in [-0.3, -0.25) is 4.98 Å². The van der Waals surface area contributed by atoms with Gasteiger partial charge in [-0.1, -0.05) is 11.6 Å². The highest BCUT2D eigenvalue weighted by Gasteiger charge is 2.20. The molecule has 4 heteroatoms. The minimum Gasteiger partial charge on any atom is -0.346 e. The van der Waals surface area contributed by atoms with Crippen LogP contribution < -0.4 is 5.32 Å². The molecule has 1 N–H and O–H groups in total. The predicted octanol–water partition coefficient (Wildman–Crippen LogP) is 2.84. The van der Waals surface area contributed by atoms with Crippen molar-refractivity contribution >= 4 is 11.6 Å². The largest absolute Gasteiger partial charge is 0.346 e. The SMILES string of the molecule is Clc1cnccc1Cn1cccc1CNC1CC1. The third-order valence-electron chi connectivity index (χ3n) is 3.27. The lowest BCUT2D eigenvalue weighted by Gasteiger charge is -2.11. The Balaban J connectivity index is 1.71. The minimum atomic E-state index is 0.729. The molecule has 2 aromatic heterocycles. The number of hydrogen-bond donors (Lipinski definition) is 1. The number of pyridine rings is 1. The summed E-state index contributed by atoms with van der Waals surface area (Å²) in [5, 5.41) is 4.26. The molecule has 1 saturated carbocycles. The van der Waals surface area contributed by atoms with Crippen LogP contribution in [0.1, 0.15) is 24.1 Å². The zero-order valence-corrected chi connectivity index (χ0v) is 10.9. The van der Waals surface area contributed by atoms with E-state index in [0.717, 1.165) is 29.7 Å². The maximum Gasteiger partial charge on any atom is 0.0639 e. The number of nitrogens with zero attached hydrogens (tertiary/aromatic N) is 2. The summed E-state index contributed by atoms with van der Waals surface area (Å²) in [7, 11) is 0. The van der Waals surface area contributed by atoms with Crippen LogP contribution in [-0.4, -0.2) is 15.6 Å². The van der Waals surface area contributed by atoms with Crippen LogP contribution in [0.2, 0.25) is 5.02 Å². The minimum absolute atomic E-state index is 0.729. The normalized spacial score (nSPS) is 14.9. The van der Waals surface area contributed by atoms with Gasteiger partial charge >= 0.3 is 0 Å². The van der Waals surface area contributed by atoms with Crippen molar-refractivity contribution < 1.29 is 0 Å². The maximum absolute atomic E-state index is 6.14. The standard InChI is InChI=1S/C14H16ClN3/c15-14-9-16-6-5-11(14)10-18-7-1-2-13(18)8-17-12-3-4-12/h1-2,5-7,9,12,17H,3-4,8,10H2. The van der Waals surface area contributed by atoms with E-state index in [9.17, 15) is 0 Å². The highest BCUT2D eigenvalue weighted by molar-refractivity contribution is 6.31. The average Bonchev–Trinajstić information content (AvgIpc) is 3.10. The molecular formula is C14H16ClN3. The smallest absolute Gasteiger partial charge is 0.0639 e. The lowest BCUT2D eigenvalue weighted by atomic mass is 10.2. The summed E-state index contributed by atoms with van der Waals surface area (Å²) >= 11 is 6.14. The molecule has 1 fully saturated rings. The van der Waals surface area contributed by atoms with Gasteiger partial charge in [0.2, 0.25) is 0 Å². The second-order valence-electron chi connectivity index (χ2n) is 4.75. The quantitative estimate of drug-likeness (QED) is 0.897. The molecule has 18 heavy (non-hydrogen) atoms. The first-order chi connectivity index (χ1) is 8.83. The first kappa shape index (κ1) is 11.8. The molecule has 1 aliphatic carbocycles. The van der Waals surface area contributed by atoms with Crippen LogP contribution in [0.4, 0.5) is 0 Å². The van der Waals surface area contributed by atoms with Gasteiger partial charge in [-0.2, -0.15) is 0 Å². The van der Waals surface area contributed by atoms with Crippen LogP contribution in [-0.2, 0) is 13.1 Å². The maximum atomic E-state index is 6.14. The van der Waals surface area contributed by atoms with Crippen LogP contribution in [0.5, 0.6) is 0 Å². The van der Waals surface area contributed by atoms with Crippen molar-refractivity contribution in [3.63, 3.8) is 0 Å². The van der Waals surface area contributed by atoms with E-state index in [0.29, 0.717) is 0 Å². The van der Waals surface area contributed by atoms with Gasteiger partial charge in [-0.15, -0.1) is 0 Å². The fourth-order valence-electron chi connectivity index (χ4n) is 2.02. The van der Waals surface area contributed by atoms with Gasteiger partial charge in [0.25, 0.3) is 0 Å². The second kappa shape index (κ2) is 5.12. The summed E-state index contributed by atoms with van der Waals surface area (Å²) < 4.78 is 2.23. The van der Waals surface area contributed by atoms with Crippen molar-refractivity contribution in [2.45, 2.75) is 32.0 Å². The zero-order chi connectivity index (χ0) is 12.4. The average molecular weight is 262 g/mol. The summed E-state index contributed by atoms with van der Waals surface area (Å²) in [5.74, 6) is 0. The molecule has 0 radical (unpaired) electrons. The molecule has 0 aliphatic heterocycles. The number of aromatic nitrogens is 2. The lowest BCUT2D eigenvalue weighted by Crippen LogP contribution is -2.18. The molecule has 94 valence electrons. The van der Waals surface area contributed by atoms with Gasteiger partial charge in [0.15, 0.2) is 0 Å². The van der Waals surface area contributed by atoms with E-state index >= 15 is 0 Å². The third-order valence-corrected chi connectivity index (χ3v) is 3.61. The molecule has 0 amide bonds. The molecule has 2 heterocycles. The van der Waals surface area contributed by atoms with Crippen molar-refractivity contribution in [1.29, 1.82) is 0 Å². The molecule has 1 aliphatic rings. The Morgan fingerprint density at radius 2 is 2.28 bits per heavy atom. The zero-order valence-electron chi connectivity index (χ0n) is 10.1. The molecule has 0 atom stereocenters. The van der Waals surface area contributed by atoms with E-state index < -0.39 is 0 Å². The third kappa shape index (κ3) is 2.74. The monoisotopic (exact) mass is 261 g/mol. The molecular weight excluding hydrogens is 246 g/mol. The second-order valence-corrected chi connectivity index (χ2v) is 5.16. The van der Waals surface area contributed by atoms with Gasteiger partial charge in [-0.05, 0) is 36.6 Å². The van der Waals surface area contributed by atoms with Crippen molar-refractivity contribution in [2.24, 2.45) is 0 Å². The topological polar surface area (TPSA) is 29.9 Å². The van der Waals surface area contributed by atoms with E-state index in [2.05, 4.69) is 33.2 Å². The van der Waals surface area contributed by atoms with Crippen LogP contribution in [0, 0.1) is 0 Å². The van der Waals surface area contributed by atoms with Gasteiger partial charge < -0.3 is 9.88 Å². The van der Waals surface area contributed by atoms with Crippen molar-refractivity contribution in [1.82, 2.24) is 14.9 Å². The summed E-state index contributed by atoms with van der Waals surface area (Å²) in [6, 6.07) is 6.95. The summed E-state index contributed by atoms with van der Waals surface area (Å²) in [5.41, 5.74) is 2.41. The molecule has 0 saturated heterocycles.